The number of hydrogen-bond acceptors (Lipinski definition) is 3. The molecule has 1 aromatic rings. The summed E-state index contributed by atoms with van der Waals surface area (Å²) >= 11 is 5.44. The van der Waals surface area contributed by atoms with Crippen LogP contribution in [0.5, 0.6) is 0 Å². The first-order valence-electron chi connectivity index (χ1n) is 2.76. The highest BCUT2D eigenvalue weighted by Crippen LogP contribution is 2.11. The minimum Gasteiger partial charge on any atom is -0.478 e. The summed E-state index contributed by atoms with van der Waals surface area (Å²) in [6.45, 7) is 0. The third-order valence-electron chi connectivity index (χ3n) is 1.06. The first kappa shape index (κ1) is 7.81. The average Bonchev–Trinajstić information content (AvgIpc) is 1.85. The summed E-state index contributed by atoms with van der Waals surface area (Å²) in [5.74, 6) is -0.962. The number of carboxylic acid groups (broad SMARTS) is 1. The molecule has 11 heavy (non-hydrogen) atoms. The predicted octanol–water partition coefficient (Wildman–Crippen LogP) is 1.02. The standard InChI is InChI=1S/C6H5ClN2O2/c7-4-1-3(6(10)11)2-5(8)9-4/h1-2H,(H2,8,9)(H,10,11). The second-order valence-corrected chi connectivity index (χ2v) is 2.30. The van der Waals surface area contributed by atoms with E-state index in [0.29, 0.717) is 0 Å². The van der Waals surface area contributed by atoms with Crippen LogP contribution in [-0.4, -0.2) is 16.1 Å². The van der Waals surface area contributed by atoms with Gasteiger partial charge in [0.2, 0.25) is 0 Å². The molecule has 0 saturated heterocycles. The van der Waals surface area contributed by atoms with Crippen molar-refractivity contribution >= 4 is 23.4 Å². The Kier molecular flexibility index (Phi) is 1.96. The molecule has 0 bridgehead atoms. The van der Waals surface area contributed by atoms with Crippen LogP contribution < -0.4 is 5.73 Å². The van der Waals surface area contributed by atoms with Gasteiger partial charge in [-0.3, -0.25) is 0 Å². The van der Waals surface area contributed by atoms with E-state index in [1.54, 1.807) is 0 Å². The van der Waals surface area contributed by atoms with Gasteiger partial charge >= 0.3 is 5.97 Å². The molecule has 5 heteroatoms. The highest BCUT2D eigenvalue weighted by Gasteiger charge is 2.04. The van der Waals surface area contributed by atoms with Crippen molar-refractivity contribution in [2.45, 2.75) is 0 Å². The fraction of sp³-hybridized carbons (Fsp3) is 0. The van der Waals surface area contributed by atoms with Gasteiger partial charge in [-0.05, 0) is 12.1 Å². The number of aromatic carboxylic acids is 1. The van der Waals surface area contributed by atoms with Crippen LogP contribution in [0.15, 0.2) is 12.1 Å². The highest BCUT2D eigenvalue weighted by molar-refractivity contribution is 6.29. The third-order valence-corrected chi connectivity index (χ3v) is 1.25. The lowest BCUT2D eigenvalue weighted by molar-refractivity contribution is 0.0697. The lowest BCUT2D eigenvalue weighted by Gasteiger charge is -1.96. The lowest BCUT2D eigenvalue weighted by atomic mass is 10.3. The minimum atomic E-state index is -1.07. The molecule has 0 aliphatic rings. The molecule has 0 aliphatic heterocycles. The van der Waals surface area contributed by atoms with Crippen molar-refractivity contribution in [1.29, 1.82) is 0 Å². The summed E-state index contributed by atoms with van der Waals surface area (Å²) in [7, 11) is 0. The number of aromatic nitrogens is 1. The molecule has 1 aromatic heterocycles. The predicted molar refractivity (Wildman–Crippen MR) is 40.6 cm³/mol. The molecular weight excluding hydrogens is 168 g/mol. The average molecular weight is 173 g/mol. The number of nitrogen functional groups attached to an aromatic ring is 1. The van der Waals surface area contributed by atoms with Crippen LogP contribution >= 0.6 is 11.6 Å². The molecule has 0 amide bonds. The van der Waals surface area contributed by atoms with Gasteiger partial charge in [0.25, 0.3) is 0 Å². The molecule has 0 atom stereocenters. The summed E-state index contributed by atoms with van der Waals surface area (Å²) in [6, 6.07) is 2.48. The van der Waals surface area contributed by atoms with E-state index in [0.717, 1.165) is 0 Å². The number of carbonyl (C=O) groups is 1. The van der Waals surface area contributed by atoms with E-state index in [-0.39, 0.29) is 16.5 Å². The first-order valence-corrected chi connectivity index (χ1v) is 3.14. The number of rotatable bonds is 1. The van der Waals surface area contributed by atoms with Gasteiger partial charge < -0.3 is 10.8 Å². The number of hydrogen-bond donors (Lipinski definition) is 2. The maximum Gasteiger partial charge on any atom is 0.335 e. The Bertz CT molecular complexity index is 280. The molecule has 3 N–H and O–H groups in total. The molecule has 0 fully saturated rings. The van der Waals surface area contributed by atoms with E-state index in [2.05, 4.69) is 4.98 Å². The van der Waals surface area contributed by atoms with Crippen molar-refractivity contribution in [1.82, 2.24) is 4.98 Å². The van der Waals surface area contributed by atoms with Gasteiger partial charge in [0.15, 0.2) is 0 Å². The fourth-order valence-corrected chi connectivity index (χ4v) is 0.856. The molecule has 4 nitrogen and oxygen atoms in total. The Hall–Kier alpha value is -1.29. The van der Waals surface area contributed by atoms with Crippen molar-refractivity contribution < 1.29 is 9.90 Å². The van der Waals surface area contributed by atoms with Crippen molar-refractivity contribution in [3.63, 3.8) is 0 Å². The van der Waals surface area contributed by atoms with Gasteiger partial charge in [-0.15, -0.1) is 0 Å². The van der Waals surface area contributed by atoms with E-state index in [1.165, 1.54) is 12.1 Å². The number of nitrogens with zero attached hydrogens (tertiary/aromatic N) is 1. The zero-order valence-electron chi connectivity index (χ0n) is 5.41. The van der Waals surface area contributed by atoms with Gasteiger partial charge in [0, 0.05) is 0 Å². The lowest BCUT2D eigenvalue weighted by Crippen LogP contribution is -1.99. The van der Waals surface area contributed by atoms with Gasteiger partial charge in [0.05, 0.1) is 5.56 Å². The van der Waals surface area contributed by atoms with E-state index >= 15 is 0 Å². The number of halogens is 1. The summed E-state index contributed by atoms with van der Waals surface area (Å²) in [6.07, 6.45) is 0. The highest BCUT2D eigenvalue weighted by atomic mass is 35.5. The van der Waals surface area contributed by atoms with E-state index in [1.807, 2.05) is 0 Å². The molecule has 0 aromatic carbocycles. The summed E-state index contributed by atoms with van der Waals surface area (Å²) in [5, 5.41) is 8.58. The SMILES string of the molecule is Nc1cc(C(=O)O)cc(Cl)n1. The molecule has 1 rings (SSSR count). The molecule has 0 aliphatic carbocycles. The molecule has 0 radical (unpaired) electrons. The summed E-state index contributed by atoms with van der Waals surface area (Å²) in [4.78, 5) is 14.0. The molecule has 1 heterocycles. The maximum absolute atomic E-state index is 10.4. The normalized spacial score (nSPS) is 9.55. The second-order valence-electron chi connectivity index (χ2n) is 1.91. The first-order chi connectivity index (χ1) is 5.09. The van der Waals surface area contributed by atoms with Gasteiger partial charge in [0.1, 0.15) is 11.0 Å². The van der Waals surface area contributed by atoms with Crippen LogP contribution in [0.4, 0.5) is 5.82 Å². The van der Waals surface area contributed by atoms with Gasteiger partial charge in [-0.2, -0.15) is 0 Å². The Morgan fingerprint density at radius 3 is 2.73 bits per heavy atom. The van der Waals surface area contributed by atoms with Crippen molar-refractivity contribution in [3.05, 3.63) is 22.8 Å². The van der Waals surface area contributed by atoms with E-state index < -0.39 is 5.97 Å². The summed E-state index contributed by atoms with van der Waals surface area (Å²) in [5.41, 5.74) is 5.28. The minimum absolute atomic E-state index is 0.0440. The van der Waals surface area contributed by atoms with Crippen molar-refractivity contribution in [2.24, 2.45) is 0 Å². The Labute approximate surface area is 67.6 Å². The third kappa shape index (κ3) is 1.81. The van der Waals surface area contributed by atoms with Gasteiger partial charge in [-0.1, -0.05) is 11.6 Å². The van der Waals surface area contributed by atoms with E-state index in [9.17, 15) is 4.79 Å². The number of carboxylic acids is 1. The van der Waals surface area contributed by atoms with Crippen LogP contribution in [0.3, 0.4) is 0 Å². The second kappa shape index (κ2) is 2.75. The zero-order valence-corrected chi connectivity index (χ0v) is 6.17. The van der Waals surface area contributed by atoms with Crippen molar-refractivity contribution in [3.8, 4) is 0 Å². The zero-order chi connectivity index (χ0) is 8.43. The van der Waals surface area contributed by atoms with Crippen LogP contribution in [0.2, 0.25) is 5.15 Å². The van der Waals surface area contributed by atoms with E-state index in [4.69, 9.17) is 22.4 Å². The molecular formula is C6H5ClN2O2. The number of nitrogens with two attached hydrogens (primary N) is 1. The number of pyridine rings is 1. The maximum atomic E-state index is 10.4. The van der Waals surface area contributed by atoms with Gasteiger partial charge in [-0.25, -0.2) is 9.78 Å². The Balaban J connectivity index is 3.19. The monoisotopic (exact) mass is 172 g/mol. The quantitative estimate of drug-likeness (QED) is 0.620. The van der Waals surface area contributed by atoms with Crippen LogP contribution in [0, 0.1) is 0 Å². The largest absolute Gasteiger partial charge is 0.478 e. The summed E-state index contributed by atoms with van der Waals surface area (Å²) < 4.78 is 0. The van der Waals surface area contributed by atoms with Crippen LogP contribution in [-0.2, 0) is 0 Å². The Morgan fingerprint density at radius 2 is 2.27 bits per heavy atom. The topological polar surface area (TPSA) is 76.2 Å². The molecule has 0 spiro atoms. The van der Waals surface area contributed by atoms with Crippen LogP contribution in [0.25, 0.3) is 0 Å². The fourth-order valence-electron chi connectivity index (χ4n) is 0.641. The molecule has 0 unspecified atom stereocenters. The molecule has 58 valence electrons. The smallest absolute Gasteiger partial charge is 0.335 e. The van der Waals surface area contributed by atoms with Crippen molar-refractivity contribution in [2.75, 3.05) is 5.73 Å². The molecule has 0 saturated carbocycles. The number of anilines is 1. The Morgan fingerprint density at radius 1 is 1.64 bits per heavy atom. The van der Waals surface area contributed by atoms with Crippen LogP contribution in [0.1, 0.15) is 10.4 Å².